The van der Waals surface area contributed by atoms with Crippen LogP contribution in [-0.2, 0) is 0 Å². The van der Waals surface area contributed by atoms with Crippen molar-refractivity contribution in [2.45, 2.75) is 12.5 Å². The van der Waals surface area contributed by atoms with Gasteiger partial charge in [0, 0.05) is 18.8 Å². The highest BCUT2D eigenvalue weighted by molar-refractivity contribution is 7.97. The minimum atomic E-state index is -0.0997. The van der Waals surface area contributed by atoms with Gasteiger partial charge in [0.05, 0.1) is 6.10 Å². The number of rotatable bonds is 3. The minimum absolute atomic E-state index is 0.0997. The Morgan fingerprint density at radius 3 is 3.10 bits per heavy atom. The molecular weight excluding hydrogens is 146 g/mol. The van der Waals surface area contributed by atoms with Gasteiger partial charge in [-0.3, -0.25) is 0 Å². The molecule has 0 aromatic carbocycles. The molecule has 0 aliphatic carbocycles. The monoisotopic (exact) mass is 159 g/mol. The van der Waals surface area contributed by atoms with Crippen LogP contribution < -0.4 is 0 Å². The SMILES string of the molecule is C=CCSN1CC[C@H](O)C1. The predicted molar refractivity (Wildman–Crippen MR) is 44.9 cm³/mol. The number of aliphatic hydroxyl groups excluding tert-OH is 1. The fourth-order valence-electron chi connectivity index (χ4n) is 0.986. The largest absolute Gasteiger partial charge is 0.392 e. The molecule has 1 fully saturated rings. The first-order valence-corrected chi connectivity index (χ1v) is 4.44. The van der Waals surface area contributed by atoms with E-state index in [1.165, 1.54) is 0 Å². The molecule has 1 rings (SSSR count). The van der Waals surface area contributed by atoms with Crippen LogP contribution in [0.25, 0.3) is 0 Å². The molecule has 0 spiro atoms. The van der Waals surface area contributed by atoms with Crippen molar-refractivity contribution < 1.29 is 5.11 Å². The molecule has 1 N–H and O–H groups in total. The van der Waals surface area contributed by atoms with Gasteiger partial charge in [-0.15, -0.1) is 6.58 Å². The highest BCUT2D eigenvalue weighted by Crippen LogP contribution is 2.18. The summed E-state index contributed by atoms with van der Waals surface area (Å²) in [5.41, 5.74) is 0. The van der Waals surface area contributed by atoms with E-state index in [9.17, 15) is 0 Å². The van der Waals surface area contributed by atoms with Crippen molar-refractivity contribution in [3.63, 3.8) is 0 Å². The average Bonchev–Trinajstić information content (AvgIpc) is 2.31. The normalized spacial score (nSPS) is 27.1. The zero-order valence-electron chi connectivity index (χ0n) is 5.99. The molecule has 2 nitrogen and oxygen atoms in total. The molecule has 0 aromatic rings. The summed E-state index contributed by atoms with van der Waals surface area (Å²) in [6, 6.07) is 0. The van der Waals surface area contributed by atoms with Gasteiger partial charge in [0.15, 0.2) is 0 Å². The highest BCUT2D eigenvalue weighted by atomic mass is 32.2. The molecule has 1 atom stereocenters. The zero-order valence-corrected chi connectivity index (χ0v) is 6.81. The summed E-state index contributed by atoms with van der Waals surface area (Å²) < 4.78 is 2.19. The minimum Gasteiger partial charge on any atom is -0.392 e. The maximum absolute atomic E-state index is 9.12. The first-order chi connectivity index (χ1) is 4.83. The molecule has 1 heterocycles. The van der Waals surface area contributed by atoms with E-state index in [1.807, 2.05) is 6.08 Å². The van der Waals surface area contributed by atoms with E-state index in [0.717, 1.165) is 25.3 Å². The van der Waals surface area contributed by atoms with E-state index in [0.29, 0.717) is 0 Å². The number of hydrogen-bond donors (Lipinski definition) is 1. The molecule has 0 bridgehead atoms. The molecule has 0 saturated carbocycles. The lowest BCUT2D eigenvalue weighted by molar-refractivity contribution is 0.190. The lowest BCUT2D eigenvalue weighted by atomic mass is 10.3. The van der Waals surface area contributed by atoms with Crippen molar-refractivity contribution in [2.75, 3.05) is 18.8 Å². The Bertz CT molecular complexity index is 118. The summed E-state index contributed by atoms with van der Waals surface area (Å²) in [5.74, 6) is 0.951. The second kappa shape index (κ2) is 4.01. The van der Waals surface area contributed by atoms with Gasteiger partial charge in [-0.05, 0) is 6.42 Å². The third-order valence-corrected chi connectivity index (χ3v) is 2.58. The van der Waals surface area contributed by atoms with Gasteiger partial charge in [0.1, 0.15) is 0 Å². The van der Waals surface area contributed by atoms with Gasteiger partial charge >= 0.3 is 0 Å². The number of β-amino-alcohol motifs (C(OH)–C–C–N with tert-alkyl or cyclic N) is 1. The van der Waals surface area contributed by atoms with Crippen molar-refractivity contribution in [3.8, 4) is 0 Å². The Morgan fingerprint density at radius 1 is 1.80 bits per heavy atom. The van der Waals surface area contributed by atoms with Crippen molar-refractivity contribution in [3.05, 3.63) is 12.7 Å². The zero-order chi connectivity index (χ0) is 7.40. The molecule has 0 amide bonds. The van der Waals surface area contributed by atoms with Crippen LogP contribution in [0.2, 0.25) is 0 Å². The highest BCUT2D eigenvalue weighted by Gasteiger charge is 2.19. The fraction of sp³-hybridized carbons (Fsp3) is 0.714. The first-order valence-electron chi connectivity index (χ1n) is 3.49. The van der Waals surface area contributed by atoms with E-state index < -0.39 is 0 Å². The van der Waals surface area contributed by atoms with Crippen molar-refractivity contribution in [1.82, 2.24) is 4.31 Å². The molecule has 0 radical (unpaired) electrons. The van der Waals surface area contributed by atoms with Crippen LogP contribution in [0.1, 0.15) is 6.42 Å². The van der Waals surface area contributed by atoms with Crippen molar-refractivity contribution >= 4 is 11.9 Å². The predicted octanol–water partition coefficient (Wildman–Crippen LogP) is 0.887. The fourth-order valence-corrected chi connectivity index (χ4v) is 1.81. The van der Waals surface area contributed by atoms with Gasteiger partial charge in [-0.2, -0.15) is 0 Å². The maximum Gasteiger partial charge on any atom is 0.0689 e. The number of hydrogen-bond acceptors (Lipinski definition) is 3. The van der Waals surface area contributed by atoms with Crippen LogP contribution in [0.4, 0.5) is 0 Å². The van der Waals surface area contributed by atoms with Crippen LogP contribution in [0.15, 0.2) is 12.7 Å². The quantitative estimate of drug-likeness (QED) is 0.488. The molecule has 58 valence electrons. The molecule has 3 heteroatoms. The van der Waals surface area contributed by atoms with E-state index in [-0.39, 0.29) is 6.10 Å². The van der Waals surface area contributed by atoms with Crippen LogP contribution in [0.3, 0.4) is 0 Å². The Balaban J connectivity index is 2.12. The topological polar surface area (TPSA) is 23.5 Å². The van der Waals surface area contributed by atoms with Gasteiger partial charge in [-0.25, -0.2) is 4.31 Å². The lowest BCUT2D eigenvalue weighted by Gasteiger charge is -2.10. The lowest BCUT2D eigenvalue weighted by Crippen LogP contribution is -2.14. The molecule has 1 aliphatic heterocycles. The smallest absolute Gasteiger partial charge is 0.0689 e. The summed E-state index contributed by atoms with van der Waals surface area (Å²) in [4.78, 5) is 0. The third-order valence-electron chi connectivity index (χ3n) is 1.50. The Hall–Kier alpha value is 0.01000. The summed E-state index contributed by atoms with van der Waals surface area (Å²) in [7, 11) is 0. The first kappa shape index (κ1) is 8.11. The van der Waals surface area contributed by atoms with Crippen LogP contribution >= 0.6 is 11.9 Å². The summed E-state index contributed by atoms with van der Waals surface area (Å²) >= 11 is 1.74. The molecule has 10 heavy (non-hydrogen) atoms. The molecule has 0 aromatic heterocycles. The summed E-state index contributed by atoms with van der Waals surface area (Å²) in [6.45, 7) is 5.46. The third kappa shape index (κ3) is 2.33. The average molecular weight is 159 g/mol. The Kier molecular flexibility index (Phi) is 3.25. The molecule has 0 unspecified atom stereocenters. The van der Waals surface area contributed by atoms with Crippen LogP contribution in [0, 0.1) is 0 Å². The van der Waals surface area contributed by atoms with Gasteiger partial charge in [0.2, 0.25) is 0 Å². The van der Waals surface area contributed by atoms with E-state index in [1.54, 1.807) is 11.9 Å². The molecule has 1 aliphatic rings. The van der Waals surface area contributed by atoms with E-state index in [2.05, 4.69) is 10.9 Å². The van der Waals surface area contributed by atoms with Crippen LogP contribution in [-0.4, -0.2) is 34.4 Å². The van der Waals surface area contributed by atoms with Crippen molar-refractivity contribution in [2.24, 2.45) is 0 Å². The Morgan fingerprint density at radius 2 is 2.60 bits per heavy atom. The summed E-state index contributed by atoms with van der Waals surface area (Å²) in [6.07, 6.45) is 2.71. The van der Waals surface area contributed by atoms with Gasteiger partial charge < -0.3 is 5.11 Å². The van der Waals surface area contributed by atoms with Crippen molar-refractivity contribution in [1.29, 1.82) is 0 Å². The Labute approximate surface area is 66.0 Å². The molecular formula is C7H13NOS. The standard InChI is InChI=1S/C7H13NOS/c1-2-5-10-8-4-3-7(9)6-8/h2,7,9H,1,3-6H2/t7-/m0/s1. The second-order valence-corrected chi connectivity index (χ2v) is 3.52. The van der Waals surface area contributed by atoms with Gasteiger partial charge in [0.25, 0.3) is 0 Å². The second-order valence-electron chi connectivity index (χ2n) is 2.41. The van der Waals surface area contributed by atoms with Gasteiger partial charge in [-0.1, -0.05) is 18.0 Å². The summed E-state index contributed by atoms with van der Waals surface area (Å²) in [5, 5.41) is 9.12. The molecule has 1 saturated heterocycles. The number of nitrogens with zero attached hydrogens (tertiary/aromatic N) is 1. The maximum atomic E-state index is 9.12. The number of aliphatic hydroxyl groups is 1. The van der Waals surface area contributed by atoms with E-state index >= 15 is 0 Å². The van der Waals surface area contributed by atoms with Crippen LogP contribution in [0.5, 0.6) is 0 Å². The van der Waals surface area contributed by atoms with E-state index in [4.69, 9.17) is 5.11 Å².